The van der Waals surface area contributed by atoms with Gasteiger partial charge in [0, 0.05) is 12.6 Å². The smallest absolute Gasteiger partial charge is 0.122 e. The number of nitrogens with one attached hydrogen (secondary N) is 1. The third kappa shape index (κ3) is 4.91. The predicted octanol–water partition coefficient (Wildman–Crippen LogP) is 4.33. The van der Waals surface area contributed by atoms with E-state index in [2.05, 4.69) is 62.5 Å². The van der Waals surface area contributed by atoms with Crippen molar-refractivity contribution in [1.82, 2.24) is 5.32 Å². The van der Waals surface area contributed by atoms with Gasteiger partial charge < -0.3 is 10.1 Å². The Balaban J connectivity index is 1.98. The SMILES string of the molecule is CCc1ccccc1OCc1cccc(CNC(C)C)c1. The third-order valence-corrected chi connectivity index (χ3v) is 3.45. The highest BCUT2D eigenvalue weighted by Crippen LogP contribution is 2.20. The van der Waals surface area contributed by atoms with Gasteiger partial charge in [-0.2, -0.15) is 0 Å². The summed E-state index contributed by atoms with van der Waals surface area (Å²) in [4.78, 5) is 0. The van der Waals surface area contributed by atoms with Crippen molar-refractivity contribution in [1.29, 1.82) is 0 Å². The first kappa shape index (κ1) is 15.6. The first-order valence-corrected chi connectivity index (χ1v) is 7.71. The molecule has 0 aliphatic carbocycles. The minimum atomic E-state index is 0.501. The molecule has 2 heteroatoms. The van der Waals surface area contributed by atoms with Crippen LogP contribution in [0.3, 0.4) is 0 Å². The van der Waals surface area contributed by atoms with E-state index in [0.717, 1.165) is 18.7 Å². The van der Waals surface area contributed by atoms with Crippen molar-refractivity contribution in [3.63, 3.8) is 0 Å². The minimum Gasteiger partial charge on any atom is -0.489 e. The molecule has 0 aliphatic rings. The number of aryl methyl sites for hydroxylation is 1. The lowest BCUT2D eigenvalue weighted by Gasteiger charge is -2.12. The lowest BCUT2D eigenvalue weighted by Crippen LogP contribution is -2.21. The normalized spacial score (nSPS) is 10.9. The van der Waals surface area contributed by atoms with Crippen molar-refractivity contribution in [2.75, 3.05) is 0 Å². The second-order valence-electron chi connectivity index (χ2n) is 5.61. The van der Waals surface area contributed by atoms with Crippen LogP contribution in [0.2, 0.25) is 0 Å². The molecule has 21 heavy (non-hydrogen) atoms. The maximum Gasteiger partial charge on any atom is 0.122 e. The molecule has 2 aromatic rings. The molecule has 112 valence electrons. The molecule has 0 heterocycles. The molecule has 0 radical (unpaired) electrons. The zero-order valence-electron chi connectivity index (χ0n) is 13.2. The Morgan fingerprint density at radius 1 is 1.00 bits per heavy atom. The molecule has 0 saturated heterocycles. The number of benzene rings is 2. The Morgan fingerprint density at radius 2 is 1.76 bits per heavy atom. The molecule has 1 N–H and O–H groups in total. The summed E-state index contributed by atoms with van der Waals surface area (Å²) in [5.74, 6) is 0.991. The summed E-state index contributed by atoms with van der Waals surface area (Å²) in [5.41, 5.74) is 3.77. The zero-order valence-corrected chi connectivity index (χ0v) is 13.2. The molecular weight excluding hydrogens is 258 g/mol. The number of hydrogen-bond acceptors (Lipinski definition) is 2. The van der Waals surface area contributed by atoms with Crippen LogP contribution in [0.15, 0.2) is 48.5 Å². The molecule has 0 aromatic heterocycles. The molecule has 2 rings (SSSR count). The van der Waals surface area contributed by atoms with Crippen molar-refractivity contribution < 1.29 is 4.74 Å². The Labute approximate surface area is 128 Å². The Hall–Kier alpha value is -1.80. The van der Waals surface area contributed by atoms with Crippen LogP contribution in [0.1, 0.15) is 37.5 Å². The van der Waals surface area contributed by atoms with Crippen LogP contribution >= 0.6 is 0 Å². The molecule has 0 amide bonds. The lowest BCUT2D eigenvalue weighted by atomic mass is 10.1. The summed E-state index contributed by atoms with van der Waals surface area (Å²) >= 11 is 0. The van der Waals surface area contributed by atoms with Crippen molar-refractivity contribution in [2.45, 2.75) is 46.4 Å². The zero-order chi connectivity index (χ0) is 15.1. The topological polar surface area (TPSA) is 21.3 Å². The van der Waals surface area contributed by atoms with Crippen molar-refractivity contribution >= 4 is 0 Å². The fraction of sp³-hybridized carbons (Fsp3) is 0.368. The quantitative estimate of drug-likeness (QED) is 0.817. The van der Waals surface area contributed by atoms with Crippen LogP contribution in [0.25, 0.3) is 0 Å². The predicted molar refractivity (Wildman–Crippen MR) is 88.6 cm³/mol. The Kier molecular flexibility index (Phi) is 5.82. The van der Waals surface area contributed by atoms with E-state index in [1.165, 1.54) is 16.7 Å². The average molecular weight is 283 g/mol. The average Bonchev–Trinajstić information content (AvgIpc) is 2.51. The Morgan fingerprint density at radius 3 is 2.52 bits per heavy atom. The van der Waals surface area contributed by atoms with Gasteiger partial charge in [-0.05, 0) is 29.2 Å². The number of ether oxygens (including phenoxy) is 1. The molecule has 0 atom stereocenters. The first-order valence-electron chi connectivity index (χ1n) is 7.71. The van der Waals surface area contributed by atoms with Gasteiger partial charge in [-0.3, -0.25) is 0 Å². The summed E-state index contributed by atoms with van der Waals surface area (Å²) in [5, 5.41) is 3.44. The molecule has 0 spiro atoms. The maximum absolute atomic E-state index is 5.97. The van der Waals surface area contributed by atoms with E-state index in [1.807, 2.05) is 12.1 Å². The molecule has 0 bridgehead atoms. The van der Waals surface area contributed by atoms with E-state index in [0.29, 0.717) is 12.6 Å². The molecule has 2 aromatic carbocycles. The van der Waals surface area contributed by atoms with Gasteiger partial charge in [0.25, 0.3) is 0 Å². The third-order valence-electron chi connectivity index (χ3n) is 3.45. The van der Waals surface area contributed by atoms with Gasteiger partial charge in [-0.1, -0.05) is 63.2 Å². The van der Waals surface area contributed by atoms with Gasteiger partial charge in [0.05, 0.1) is 0 Å². The van der Waals surface area contributed by atoms with Crippen molar-refractivity contribution in [3.05, 3.63) is 65.2 Å². The standard InChI is InChI=1S/C19H25NO/c1-4-18-10-5-6-11-19(18)21-14-17-9-7-8-16(12-17)13-20-15(2)3/h5-12,15,20H,4,13-14H2,1-3H3. The largest absolute Gasteiger partial charge is 0.489 e. The lowest BCUT2D eigenvalue weighted by molar-refractivity contribution is 0.303. The van der Waals surface area contributed by atoms with Gasteiger partial charge >= 0.3 is 0 Å². The van der Waals surface area contributed by atoms with Gasteiger partial charge in [-0.25, -0.2) is 0 Å². The molecule has 0 saturated carbocycles. The number of rotatable bonds is 7. The first-order chi connectivity index (χ1) is 10.2. The van der Waals surface area contributed by atoms with E-state index in [9.17, 15) is 0 Å². The van der Waals surface area contributed by atoms with E-state index < -0.39 is 0 Å². The van der Waals surface area contributed by atoms with Gasteiger partial charge in [0.15, 0.2) is 0 Å². The van der Waals surface area contributed by atoms with Crippen LogP contribution in [0.4, 0.5) is 0 Å². The van der Waals surface area contributed by atoms with Crippen LogP contribution in [-0.4, -0.2) is 6.04 Å². The highest BCUT2D eigenvalue weighted by molar-refractivity contribution is 5.33. The summed E-state index contributed by atoms with van der Waals surface area (Å²) in [7, 11) is 0. The minimum absolute atomic E-state index is 0.501. The summed E-state index contributed by atoms with van der Waals surface area (Å²) < 4.78 is 5.97. The maximum atomic E-state index is 5.97. The molecule has 0 fully saturated rings. The van der Waals surface area contributed by atoms with Crippen molar-refractivity contribution in [2.24, 2.45) is 0 Å². The fourth-order valence-corrected chi connectivity index (χ4v) is 2.25. The summed E-state index contributed by atoms with van der Waals surface area (Å²) in [6.45, 7) is 7.99. The van der Waals surface area contributed by atoms with E-state index >= 15 is 0 Å². The van der Waals surface area contributed by atoms with Crippen molar-refractivity contribution in [3.8, 4) is 5.75 Å². The molecule has 0 unspecified atom stereocenters. The highest BCUT2D eigenvalue weighted by atomic mass is 16.5. The van der Waals surface area contributed by atoms with E-state index in [4.69, 9.17) is 4.74 Å². The molecule has 2 nitrogen and oxygen atoms in total. The monoisotopic (exact) mass is 283 g/mol. The van der Waals surface area contributed by atoms with Crippen LogP contribution in [0, 0.1) is 0 Å². The van der Waals surface area contributed by atoms with Crippen LogP contribution in [0.5, 0.6) is 5.75 Å². The van der Waals surface area contributed by atoms with E-state index in [-0.39, 0.29) is 0 Å². The fourth-order valence-electron chi connectivity index (χ4n) is 2.25. The molecular formula is C19H25NO. The van der Waals surface area contributed by atoms with Gasteiger partial charge in [-0.15, -0.1) is 0 Å². The summed E-state index contributed by atoms with van der Waals surface area (Å²) in [6.07, 6.45) is 0.995. The van der Waals surface area contributed by atoms with E-state index in [1.54, 1.807) is 0 Å². The number of hydrogen-bond donors (Lipinski definition) is 1. The highest BCUT2D eigenvalue weighted by Gasteiger charge is 2.02. The van der Waals surface area contributed by atoms with Gasteiger partial charge in [0.1, 0.15) is 12.4 Å². The second kappa shape index (κ2) is 7.84. The number of para-hydroxylation sites is 1. The summed E-state index contributed by atoms with van der Waals surface area (Å²) in [6, 6.07) is 17.3. The van der Waals surface area contributed by atoms with Crippen LogP contribution < -0.4 is 10.1 Å². The Bertz CT molecular complexity index is 563. The second-order valence-corrected chi connectivity index (χ2v) is 5.61. The van der Waals surface area contributed by atoms with Gasteiger partial charge in [0.2, 0.25) is 0 Å². The van der Waals surface area contributed by atoms with Crippen LogP contribution in [-0.2, 0) is 19.6 Å². The molecule has 0 aliphatic heterocycles.